The summed E-state index contributed by atoms with van der Waals surface area (Å²) in [4.78, 5) is 20.0. The van der Waals surface area contributed by atoms with Crippen LogP contribution in [0.25, 0.3) is 11.6 Å². The molecule has 3 aromatic rings. The number of ether oxygens (including phenoxy) is 1. The molecule has 0 atom stereocenters. The van der Waals surface area contributed by atoms with Crippen LogP contribution < -0.4 is 5.32 Å². The highest BCUT2D eigenvalue weighted by molar-refractivity contribution is 5.75. The first-order chi connectivity index (χ1) is 13.3. The molecule has 2 heterocycles. The minimum Gasteiger partial charge on any atom is -0.381 e. The standard InChI is InChI=1S/C18H22N6O3/c25-15(7-8-16-22-18(24-27-16)17-20-13-21-23-17)19-10-4-11-26-12-9-14-5-2-1-3-6-14/h1-3,5-6,13H,4,7-12H2,(H,19,25)(H,20,21,23). The Balaban J connectivity index is 1.23. The van der Waals surface area contributed by atoms with Crippen LogP contribution in [0.15, 0.2) is 41.2 Å². The Morgan fingerprint density at radius 2 is 2.07 bits per heavy atom. The number of aromatic nitrogens is 5. The Kier molecular flexibility index (Phi) is 7.05. The van der Waals surface area contributed by atoms with E-state index in [1.165, 1.54) is 11.9 Å². The molecule has 0 saturated heterocycles. The largest absolute Gasteiger partial charge is 0.381 e. The molecule has 0 fully saturated rings. The van der Waals surface area contributed by atoms with E-state index in [1.807, 2.05) is 18.2 Å². The van der Waals surface area contributed by atoms with Crippen LogP contribution in [0.3, 0.4) is 0 Å². The maximum Gasteiger partial charge on any atom is 0.239 e. The molecule has 3 rings (SSSR count). The molecule has 0 radical (unpaired) electrons. The van der Waals surface area contributed by atoms with Crippen molar-refractivity contribution in [3.05, 3.63) is 48.1 Å². The molecular weight excluding hydrogens is 348 g/mol. The van der Waals surface area contributed by atoms with Gasteiger partial charge in [0, 0.05) is 26.0 Å². The SMILES string of the molecule is O=C(CCc1nc(-c2ncn[nH]2)no1)NCCCOCCc1ccccc1. The average molecular weight is 370 g/mol. The second-order valence-corrected chi connectivity index (χ2v) is 5.90. The van der Waals surface area contributed by atoms with Crippen molar-refractivity contribution < 1.29 is 14.1 Å². The number of hydrogen-bond donors (Lipinski definition) is 2. The maximum absolute atomic E-state index is 11.9. The molecule has 0 aliphatic heterocycles. The number of nitrogens with one attached hydrogen (secondary N) is 2. The van der Waals surface area contributed by atoms with Gasteiger partial charge in [0.2, 0.25) is 17.6 Å². The van der Waals surface area contributed by atoms with Gasteiger partial charge in [-0.2, -0.15) is 10.1 Å². The minimum absolute atomic E-state index is 0.0568. The highest BCUT2D eigenvalue weighted by atomic mass is 16.5. The Hall–Kier alpha value is -3.07. The van der Waals surface area contributed by atoms with Crippen LogP contribution in [0.2, 0.25) is 0 Å². The molecule has 9 nitrogen and oxygen atoms in total. The number of nitrogens with zero attached hydrogens (tertiary/aromatic N) is 4. The van der Waals surface area contributed by atoms with E-state index >= 15 is 0 Å². The number of aromatic amines is 1. The lowest BCUT2D eigenvalue weighted by Crippen LogP contribution is -2.25. The van der Waals surface area contributed by atoms with Gasteiger partial charge in [0.05, 0.1) is 6.61 Å². The van der Waals surface area contributed by atoms with Gasteiger partial charge in [-0.25, -0.2) is 4.98 Å². The summed E-state index contributed by atoms with van der Waals surface area (Å²) in [5.41, 5.74) is 1.26. The van der Waals surface area contributed by atoms with Crippen molar-refractivity contribution in [1.82, 2.24) is 30.6 Å². The lowest BCUT2D eigenvalue weighted by atomic mass is 10.2. The molecule has 2 aromatic heterocycles. The van der Waals surface area contributed by atoms with Gasteiger partial charge >= 0.3 is 0 Å². The van der Waals surface area contributed by atoms with E-state index in [-0.39, 0.29) is 12.3 Å². The molecule has 0 bridgehead atoms. The number of amides is 1. The summed E-state index contributed by atoms with van der Waals surface area (Å²) in [6, 6.07) is 10.2. The fraction of sp³-hybridized carbons (Fsp3) is 0.389. The van der Waals surface area contributed by atoms with Gasteiger partial charge in [0.1, 0.15) is 6.33 Å². The van der Waals surface area contributed by atoms with Gasteiger partial charge in [0.25, 0.3) is 0 Å². The zero-order valence-electron chi connectivity index (χ0n) is 14.9. The maximum atomic E-state index is 11.9. The summed E-state index contributed by atoms with van der Waals surface area (Å²) in [7, 11) is 0. The van der Waals surface area contributed by atoms with E-state index < -0.39 is 0 Å². The van der Waals surface area contributed by atoms with E-state index in [9.17, 15) is 4.79 Å². The Bertz CT molecular complexity index is 804. The molecule has 9 heteroatoms. The number of hydrogen-bond acceptors (Lipinski definition) is 7. The summed E-state index contributed by atoms with van der Waals surface area (Å²) >= 11 is 0. The van der Waals surface area contributed by atoms with E-state index in [0.29, 0.717) is 43.7 Å². The third-order valence-corrected chi connectivity index (χ3v) is 3.83. The first-order valence-corrected chi connectivity index (χ1v) is 8.88. The van der Waals surface area contributed by atoms with Crippen molar-refractivity contribution in [3.8, 4) is 11.6 Å². The summed E-state index contributed by atoms with van der Waals surface area (Å²) in [6.07, 6.45) is 3.70. The number of carbonyl (C=O) groups is 1. The topological polar surface area (TPSA) is 119 Å². The molecule has 1 amide bonds. The van der Waals surface area contributed by atoms with Crippen LogP contribution in [-0.2, 0) is 22.4 Å². The first-order valence-electron chi connectivity index (χ1n) is 8.88. The molecule has 0 spiro atoms. The number of benzene rings is 1. The third kappa shape index (κ3) is 6.30. The van der Waals surface area contributed by atoms with Crippen LogP contribution in [0.5, 0.6) is 0 Å². The lowest BCUT2D eigenvalue weighted by molar-refractivity contribution is -0.121. The van der Waals surface area contributed by atoms with Gasteiger partial charge in [-0.1, -0.05) is 35.5 Å². The molecule has 0 saturated carbocycles. The molecule has 0 aliphatic carbocycles. The monoisotopic (exact) mass is 370 g/mol. The summed E-state index contributed by atoms with van der Waals surface area (Å²) in [5.74, 6) is 1.09. The smallest absolute Gasteiger partial charge is 0.239 e. The predicted molar refractivity (Wildman–Crippen MR) is 96.6 cm³/mol. The summed E-state index contributed by atoms with van der Waals surface area (Å²) in [6.45, 7) is 1.89. The molecule has 2 N–H and O–H groups in total. The van der Waals surface area contributed by atoms with E-state index in [0.717, 1.165) is 12.8 Å². The fourth-order valence-corrected chi connectivity index (χ4v) is 2.41. The van der Waals surface area contributed by atoms with Crippen molar-refractivity contribution in [1.29, 1.82) is 0 Å². The molecule has 0 unspecified atom stereocenters. The summed E-state index contributed by atoms with van der Waals surface area (Å²) in [5, 5.41) is 13.0. The van der Waals surface area contributed by atoms with Crippen LogP contribution in [0, 0.1) is 0 Å². The minimum atomic E-state index is -0.0568. The van der Waals surface area contributed by atoms with Crippen LogP contribution in [0.4, 0.5) is 0 Å². The van der Waals surface area contributed by atoms with Gasteiger partial charge in [-0.15, -0.1) is 0 Å². The first kappa shape index (κ1) is 18.7. The van der Waals surface area contributed by atoms with Gasteiger partial charge in [-0.05, 0) is 18.4 Å². The Morgan fingerprint density at radius 3 is 2.89 bits per heavy atom. The van der Waals surface area contributed by atoms with E-state index in [1.54, 1.807) is 0 Å². The Morgan fingerprint density at radius 1 is 1.19 bits per heavy atom. The lowest BCUT2D eigenvalue weighted by Gasteiger charge is -2.06. The van der Waals surface area contributed by atoms with Crippen LogP contribution >= 0.6 is 0 Å². The molecule has 0 aliphatic rings. The van der Waals surface area contributed by atoms with Crippen molar-refractivity contribution in [2.24, 2.45) is 0 Å². The number of carbonyl (C=O) groups excluding carboxylic acids is 1. The van der Waals surface area contributed by atoms with Crippen LogP contribution in [0.1, 0.15) is 24.3 Å². The molecule has 142 valence electrons. The normalized spacial score (nSPS) is 10.8. The highest BCUT2D eigenvalue weighted by Gasteiger charge is 2.12. The van der Waals surface area contributed by atoms with Gasteiger partial charge in [-0.3, -0.25) is 9.89 Å². The average Bonchev–Trinajstić information content (AvgIpc) is 3.38. The quantitative estimate of drug-likeness (QED) is 0.492. The third-order valence-electron chi connectivity index (χ3n) is 3.83. The second kappa shape index (κ2) is 10.2. The molecule has 27 heavy (non-hydrogen) atoms. The molecule has 1 aromatic carbocycles. The van der Waals surface area contributed by atoms with E-state index in [2.05, 4.69) is 42.8 Å². The number of aryl methyl sites for hydroxylation is 1. The summed E-state index contributed by atoms with van der Waals surface area (Å²) < 4.78 is 10.7. The number of H-pyrrole nitrogens is 1. The van der Waals surface area contributed by atoms with Crippen molar-refractivity contribution in [2.45, 2.75) is 25.7 Å². The zero-order valence-corrected chi connectivity index (χ0v) is 14.9. The Labute approximate surface area is 156 Å². The zero-order chi connectivity index (χ0) is 18.7. The van der Waals surface area contributed by atoms with Crippen molar-refractivity contribution in [3.63, 3.8) is 0 Å². The van der Waals surface area contributed by atoms with Crippen molar-refractivity contribution >= 4 is 5.91 Å². The fourth-order valence-electron chi connectivity index (χ4n) is 2.41. The number of rotatable bonds is 11. The second-order valence-electron chi connectivity index (χ2n) is 5.90. The highest BCUT2D eigenvalue weighted by Crippen LogP contribution is 2.09. The van der Waals surface area contributed by atoms with Crippen molar-refractivity contribution in [2.75, 3.05) is 19.8 Å². The van der Waals surface area contributed by atoms with Gasteiger partial charge < -0.3 is 14.6 Å². The van der Waals surface area contributed by atoms with E-state index in [4.69, 9.17) is 9.26 Å². The molecular formula is C18H22N6O3. The van der Waals surface area contributed by atoms with Crippen LogP contribution in [-0.4, -0.2) is 51.0 Å². The van der Waals surface area contributed by atoms with Gasteiger partial charge in [0.15, 0.2) is 5.82 Å². The predicted octanol–water partition coefficient (Wildman–Crippen LogP) is 1.55.